The molecule has 0 spiro atoms. The van der Waals surface area contributed by atoms with Crippen molar-refractivity contribution in [1.82, 2.24) is 15.5 Å². The largest absolute Gasteiger partial charge is 0.494 e. The molecule has 2 atom stereocenters. The highest BCUT2D eigenvalue weighted by Crippen LogP contribution is 2.20. The van der Waals surface area contributed by atoms with Crippen LogP contribution >= 0.6 is 0 Å². The van der Waals surface area contributed by atoms with Crippen molar-refractivity contribution < 1.29 is 9.53 Å². The minimum absolute atomic E-state index is 0.0183. The Morgan fingerprint density at radius 1 is 1.33 bits per heavy atom. The summed E-state index contributed by atoms with van der Waals surface area (Å²) in [5.41, 5.74) is 1.23. The van der Waals surface area contributed by atoms with E-state index in [-0.39, 0.29) is 11.9 Å². The molecule has 1 fully saturated rings. The average molecular weight is 333 g/mol. The maximum Gasteiger partial charge on any atom is 0.237 e. The lowest BCUT2D eigenvalue weighted by atomic mass is 10.1. The van der Waals surface area contributed by atoms with Crippen molar-refractivity contribution in [3.63, 3.8) is 0 Å². The van der Waals surface area contributed by atoms with Gasteiger partial charge in [-0.3, -0.25) is 9.69 Å². The summed E-state index contributed by atoms with van der Waals surface area (Å²) in [6, 6.07) is 8.53. The van der Waals surface area contributed by atoms with E-state index in [1.165, 1.54) is 5.56 Å². The van der Waals surface area contributed by atoms with E-state index in [1.807, 2.05) is 19.1 Å². The first-order chi connectivity index (χ1) is 11.5. The molecule has 1 amide bonds. The highest BCUT2D eigenvalue weighted by Gasteiger charge is 2.36. The third-order valence-corrected chi connectivity index (χ3v) is 4.38. The Bertz CT molecular complexity index is 516. The van der Waals surface area contributed by atoms with E-state index in [0.29, 0.717) is 18.6 Å². The van der Waals surface area contributed by atoms with Gasteiger partial charge in [-0.15, -0.1) is 0 Å². The number of hydrogen-bond acceptors (Lipinski definition) is 4. The SMILES string of the molecule is CCOc1ccc(CN[C@@H]2C[C@@H](C(=O)NC)N(CC(C)C)C2)cc1. The second-order valence-electron chi connectivity index (χ2n) is 6.87. The van der Waals surface area contributed by atoms with Crippen LogP contribution in [0.2, 0.25) is 0 Å². The monoisotopic (exact) mass is 333 g/mol. The molecule has 1 saturated heterocycles. The number of ether oxygens (including phenoxy) is 1. The summed E-state index contributed by atoms with van der Waals surface area (Å²) in [5.74, 6) is 1.59. The van der Waals surface area contributed by atoms with Crippen LogP contribution in [0.15, 0.2) is 24.3 Å². The summed E-state index contributed by atoms with van der Waals surface area (Å²) in [6.07, 6.45) is 0.865. The zero-order chi connectivity index (χ0) is 17.5. The van der Waals surface area contributed by atoms with Gasteiger partial charge in [-0.05, 0) is 37.0 Å². The first-order valence-corrected chi connectivity index (χ1v) is 8.94. The van der Waals surface area contributed by atoms with Gasteiger partial charge in [0.25, 0.3) is 0 Å². The smallest absolute Gasteiger partial charge is 0.237 e. The molecule has 2 rings (SSSR count). The molecule has 0 bridgehead atoms. The van der Waals surface area contributed by atoms with E-state index in [1.54, 1.807) is 7.05 Å². The van der Waals surface area contributed by atoms with Gasteiger partial charge >= 0.3 is 0 Å². The lowest BCUT2D eigenvalue weighted by molar-refractivity contribution is -0.125. The van der Waals surface area contributed by atoms with Gasteiger partial charge in [-0.1, -0.05) is 26.0 Å². The molecule has 0 aromatic heterocycles. The second kappa shape index (κ2) is 9.04. The standard InChI is InChI=1S/C19H31N3O2/c1-5-24-17-8-6-15(7-9-17)11-21-16-10-18(19(23)20-4)22(13-16)12-14(2)3/h6-9,14,16,18,21H,5,10-13H2,1-4H3,(H,20,23)/t16-,18+/m1/s1. The molecule has 1 aromatic carbocycles. The molecule has 1 heterocycles. The second-order valence-corrected chi connectivity index (χ2v) is 6.87. The van der Waals surface area contributed by atoms with E-state index < -0.39 is 0 Å². The van der Waals surface area contributed by atoms with Gasteiger partial charge in [0.1, 0.15) is 5.75 Å². The third-order valence-electron chi connectivity index (χ3n) is 4.38. The maximum atomic E-state index is 12.1. The third kappa shape index (κ3) is 5.21. The molecular formula is C19H31N3O2. The van der Waals surface area contributed by atoms with Crippen molar-refractivity contribution >= 4 is 5.91 Å². The summed E-state index contributed by atoms with van der Waals surface area (Å²) in [5, 5.41) is 6.40. The maximum absolute atomic E-state index is 12.1. The topological polar surface area (TPSA) is 53.6 Å². The molecule has 5 heteroatoms. The first-order valence-electron chi connectivity index (χ1n) is 8.94. The lowest BCUT2D eigenvalue weighted by Crippen LogP contribution is -2.43. The minimum Gasteiger partial charge on any atom is -0.494 e. The van der Waals surface area contributed by atoms with Gasteiger partial charge in [-0.25, -0.2) is 0 Å². The van der Waals surface area contributed by atoms with Gasteiger partial charge in [0.05, 0.1) is 12.6 Å². The fourth-order valence-electron chi connectivity index (χ4n) is 3.29. The van der Waals surface area contributed by atoms with Crippen molar-refractivity contribution in [1.29, 1.82) is 0 Å². The molecule has 2 N–H and O–H groups in total. The highest BCUT2D eigenvalue weighted by atomic mass is 16.5. The van der Waals surface area contributed by atoms with Crippen molar-refractivity contribution in [2.45, 2.75) is 45.8 Å². The predicted octanol–water partition coefficient (Wildman–Crippen LogP) is 2.02. The molecule has 24 heavy (non-hydrogen) atoms. The van der Waals surface area contributed by atoms with E-state index in [9.17, 15) is 4.79 Å². The Morgan fingerprint density at radius 2 is 2.04 bits per heavy atom. The summed E-state index contributed by atoms with van der Waals surface area (Å²) in [4.78, 5) is 14.4. The van der Waals surface area contributed by atoms with E-state index >= 15 is 0 Å². The van der Waals surface area contributed by atoms with Gasteiger partial charge < -0.3 is 15.4 Å². The van der Waals surface area contributed by atoms with Gasteiger partial charge in [0.15, 0.2) is 0 Å². The fraction of sp³-hybridized carbons (Fsp3) is 0.632. The van der Waals surface area contributed by atoms with Crippen LogP contribution in [-0.4, -0.2) is 49.6 Å². The van der Waals surface area contributed by atoms with E-state index in [0.717, 1.165) is 31.8 Å². The van der Waals surface area contributed by atoms with E-state index in [2.05, 4.69) is 41.5 Å². The number of hydrogen-bond donors (Lipinski definition) is 2. The van der Waals surface area contributed by atoms with Gasteiger partial charge in [-0.2, -0.15) is 0 Å². The van der Waals surface area contributed by atoms with Crippen LogP contribution in [0.3, 0.4) is 0 Å². The molecule has 1 aromatic rings. The molecule has 0 aliphatic carbocycles. The Labute approximate surface area is 145 Å². The quantitative estimate of drug-likeness (QED) is 0.764. The zero-order valence-corrected chi connectivity index (χ0v) is 15.3. The Hall–Kier alpha value is -1.59. The van der Waals surface area contributed by atoms with Crippen molar-refractivity contribution in [2.24, 2.45) is 5.92 Å². The van der Waals surface area contributed by atoms with Gasteiger partial charge in [0, 0.05) is 32.7 Å². The molecule has 0 unspecified atom stereocenters. The lowest BCUT2D eigenvalue weighted by Gasteiger charge is -2.24. The van der Waals surface area contributed by atoms with Crippen LogP contribution in [0, 0.1) is 5.92 Å². The molecule has 1 aliphatic rings. The van der Waals surface area contributed by atoms with E-state index in [4.69, 9.17) is 4.74 Å². The normalized spacial score (nSPS) is 21.2. The molecule has 0 radical (unpaired) electrons. The van der Waals surface area contributed by atoms with Crippen LogP contribution in [-0.2, 0) is 11.3 Å². The summed E-state index contributed by atoms with van der Waals surface area (Å²) >= 11 is 0. The number of rotatable bonds is 8. The number of carbonyl (C=O) groups is 1. The molecular weight excluding hydrogens is 302 g/mol. The van der Waals surface area contributed by atoms with Crippen LogP contribution < -0.4 is 15.4 Å². The molecule has 5 nitrogen and oxygen atoms in total. The summed E-state index contributed by atoms with van der Waals surface area (Å²) in [7, 11) is 1.72. The van der Waals surface area contributed by atoms with Gasteiger partial charge in [0.2, 0.25) is 5.91 Å². The first kappa shape index (κ1) is 18.7. The minimum atomic E-state index is -0.0183. The number of likely N-dealkylation sites (tertiary alicyclic amines) is 1. The average Bonchev–Trinajstić information content (AvgIpc) is 2.96. The van der Waals surface area contributed by atoms with Crippen molar-refractivity contribution in [2.75, 3.05) is 26.7 Å². The Balaban J connectivity index is 1.89. The van der Waals surface area contributed by atoms with Crippen LogP contribution in [0.4, 0.5) is 0 Å². The predicted molar refractivity (Wildman–Crippen MR) is 97.1 cm³/mol. The highest BCUT2D eigenvalue weighted by molar-refractivity contribution is 5.81. The molecule has 0 saturated carbocycles. The molecule has 1 aliphatic heterocycles. The Kier molecular flexibility index (Phi) is 7.06. The van der Waals surface area contributed by atoms with Crippen molar-refractivity contribution in [3.05, 3.63) is 29.8 Å². The van der Waals surface area contributed by atoms with Crippen LogP contribution in [0.25, 0.3) is 0 Å². The number of nitrogens with one attached hydrogen (secondary N) is 2. The summed E-state index contributed by atoms with van der Waals surface area (Å²) < 4.78 is 5.47. The number of amides is 1. The fourth-order valence-corrected chi connectivity index (χ4v) is 3.29. The van der Waals surface area contributed by atoms with Crippen LogP contribution in [0.5, 0.6) is 5.75 Å². The zero-order valence-electron chi connectivity index (χ0n) is 15.3. The number of nitrogens with zero attached hydrogens (tertiary/aromatic N) is 1. The molecule has 134 valence electrons. The number of carbonyl (C=O) groups excluding carboxylic acids is 1. The Morgan fingerprint density at radius 3 is 2.62 bits per heavy atom. The van der Waals surface area contributed by atoms with Crippen molar-refractivity contribution in [3.8, 4) is 5.75 Å². The number of benzene rings is 1. The van der Waals surface area contributed by atoms with Crippen LogP contribution in [0.1, 0.15) is 32.8 Å². The number of likely N-dealkylation sites (N-methyl/N-ethyl adjacent to an activating group) is 1. The summed E-state index contributed by atoms with van der Waals surface area (Å²) in [6.45, 7) is 9.76.